The zero-order valence-corrected chi connectivity index (χ0v) is 15.6. The van der Waals surface area contributed by atoms with E-state index in [2.05, 4.69) is 16.0 Å². The van der Waals surface area contributed by atoms with Gasteiger partial charge in [0.05, 0.1) is 5.41 Å². The Bertz CT molecular complexity index is 809. The minimum Gasteiger partial charge on any atom is -0.454 e. The van der Waals surface area contributed by atoms with Gasteiger partial charge in [0.15, 0.2) is 11.6 Å². The van der Waals surface area contributed by atoms with E-state index < -0.39 is 11.2 Å². The molecule has 0 saturated heterocycles. The van der Waals surface area contributed by atoms with Gasteiger partial charge < -0.3 is 20.7 Å². The van der Waals surface area contributed by atoms with Gasteiger partial charge in [0.25, 0.3) is 0 Å². The summed E-state index contributed by atoms with van der Waals surface area (Å²) in [7, 11) is 1.56. The van der Waals surface area contributed by atoms with E-state index in [9.17, 15) is 14.0 Å². The zero-order valence-electron chi connectivity index (χ0n) is 15.6. The van der Waals surface area contributed by atoms with Crippen molar-refractivity contribution in [2.24, 2.45) is 5.41 Å². The molecular weight excluding hydrogens is 349 g/mol. The van der Waals surface area contributed by atoms with Crippen LogP contribution in [0.2, 0.25) is 0 Å². The molecule has 7 heteroatoms. The summed E-state index contributed by atoms with van der Waals surface area (Å²) in [4.78, 5) is 23.7. The van der Waals surface area contributed by atoms with Crippen LogP contribution in [-0.4, -0.2) is 25.5 Å². The lowest BCUT2D eigenvalue weighted by Crippen LogP contribution is -2.46. The van der Waals surface area contributed by atoms with Gasteiger partial charge in [0, 0.05) is 20.1 Å². The molecule has 0 aliphatic heterocycles. The van der Waals surface area contributed by atoms with E-state index in [0.717, 1.165) is 5.56 Å². The molecule has 0 spiro atoms. The molecule has 0 radical (unpaired) electrons. The Hall–Kier alpha value is -3.09. The van der Waals surface area contributed by atoms with Crippen molar-refractivity contribution in [3.8, 4) is 11.5 Å². The molecule has 144 valence electrons. The molecule has 0 saturated carbocycles. The van der Waals surface area contributed by atoms with E-state index in [1.807, 2.05) is 6.07 Å². The molecule has 3 N–H and O–H groups in total. The topological polar surface area (TPSA) is 79.5 Å². The maximum atomic E-state index is 13.7. The maximum Gasteiger partial charge on any atom is 0.315 e. The summed E-state index contributed by atoms with van der Waals surface area (Å²) in [5.74, 6) is 0.0114. The number of carbonyl (C=O) groups excluding carboxylic acids is 2. The third-order valence-electron chi connectivity index (χ3n) is 3.95. The smallest absolute Gasteiger partial charge is 0.315 e. The van der Waals surface area contributed by atoms with Crippen LogP contribution in [0.5, 0.6) is 11.5 Å². The summed E-state index contributed by atoms with van der Waals surface area (Å²) in [6.07, 6.45) is 0. The van der Waals surface area contributed by atoms with Crippen molar-refractivity contribution in [1.82, 2.24) is 16.0 Å². The van der Waals surface area contributed by atoms with Crippen molar-refractivity contribution < 1.29 is 18.7 Å². The van der Waals surface area contributed by atoms with Crippen LogP contribution >= 0.6 is 0 Å². The third-order valence-corrected chi connectivity index (χ3v) is 3.95. The van der Waals surface area contributed by atoms with Gasteiger partial charge in [0.1, 0.15) is 5.75 Å². The number of rotatable bonds is 7. The molecule has 2 aromatic carbocycles. The second kappa shape index (κ2) is 9.02. The summed E-state index contributed by atoms with van der Waals surface area (Å²) in [5.41, 5.74) is 0.0872. The van der Waals surface area contributed by atoms with Gasteiger partial charge in [0.2, 0.25) is 5.91 Å². The highest BCUT2D eigenvalue weighted by Gasteiger charge is 2.26. The Balaban J connectivity index is 1.88. The van der Waals surface area contributed by atoms with Crippen LogP contribution < -0.4 is 20.7 Å². The van der Waals surface area contributed by atoms with Crippen LogP contribution in [0.3, 0.4) is 0 Å². The number of urea groups is 1. The average molecular weight is 373 g/mol. The molecule has 0 fully saturated rings. The predicted octanol–water partition coefficient (Wildman–Crippen LogP) is 3.19. The molecule has 0 heterocycles. The van der Waals surface area contributed by atoms with Gasteiger partial charge in [-0.2, -0.15) is 0 Å². The Labute approximate surface area is 158 Å². The van der Waals surface area contributed by atoms with Crippen molar-refractivity contribution in [2.75, 3.05) is 13.6 Å². The molecular formula is C20H24FN3O3. The molecule has 0 aliphatic rings. The second-order valence-corrected chi connectivity index (χ2v) is 6.68. The van der Waals surface area contributed by atoms with Gasteiger partial charge in [-0.25, -0.2) is 9.18 Å². The minimum atomic E-state index is -0.709. The molecule has 2 rings (SSSR count). The maximum absolute atomic E-state index is 13.7. The molecule has 0 aliphatic carbocycles. The molecule has 2 aromatic rings. The first kappa shape index (κ1) is 20.2. The van der Waals surface area contributed by atoms with Crippen LogP contribution in [0.4, 0.5) is 9.18 Å². The van der Waals surface area contributed by atoms with Crippen molar-refractivity contribution in [2.45, 2.75) is 20.4 Å². The lowest BCUT2D eigenvalue weighted by Gasteiger charge is -2.22. The molecule has 3 amide bonds. The van der Waals surface area contributed by atoms with Crippen LogP contribution in [0, 0.1) is 11.2 Å². The number of nitrogens with one attached hydrogen (secondary N) is 3. The van der Waals surface area contributed by atoms with Crippen molar-refractivity contribution in [3.63, 3.8) is 0 Å². The Kier molecular flexibility index (Phi) is 6.76. The molecule has 0 bridgehead atoms. The van der Waals surface area contributed by atoms with Crippen LogP contribution in [0.25, 0.3) is 0 Å². The van der Waals surface area contributed by atoms with Crippen LogP contribution in [0.1, 0.15) is 19.4 Å². The number of hydrogen-bond acceptors (Lipinski definition) is 3. The lowest BCUT2D eigenvalue weighted by molar-refractivity contribution is -0.128. The second-order valence-electron chi connectivity index (χ2n) is 6.68. The Morgan fingerprint density at radius 3 is 2.52 bits per heavy atom. The number of halogens is 1. The Morgan fingerprint density at radius 1 is 1.07 bits per heavy atom. The first-order valence-electron chi connectivity index (χ1n) is 8.57. The zero-order chi connectivity index (χ0) is 19.9. The molecule has 27 heavy (non-hydrogen) atoms. The normalized spacial score (nSPS) is 10.8. The van der Waals surface area contributed by atoms with E-state index in [-0.39, 0.29) is 30.8 Å². The van der Waals surface area contributed by atoms with Gasteiger partial charge in [-0.15, -0.1) is 0 Å². The number of para-hydroxylation sites is 1. The van der Waals surface area contributed by atoms with Gasteiger partial charge in [-0.3, -0.25) is 4.79 Å². The molecule has 0 aromatic heterocycles. The van der Waals surface area contributed by atoms with Crippen LogP contribution in [0.15, 0.2) is 48.5 Å². The average Bonchev–Trinajstić information content (AvgIpc) is 2.66. The van der Waals surface area contributed by atoms with Gasteiger partial charge >= 0.3 is 6.03 Å². The molecule has 0 atom stereocenters. The van der Waals surface area contributed by atoms with Crippen molar-refractivity contribution in [3.05, 3.63) is 59.9 Å². The van der Waals surface area contributed by atoms with Gasteiger partial charge in [-0.1, -0.05) is 24.3 Å². The highest BCUT2D eigenvalue weighted by atomic mass is 19.1. The highest BCUT2D eigenvalue weighted by Crippen LogP contribution is 2.24. The fourth-order valence-electron chi connectivity index (χ4n) is 2.34. The largest absolute Gasteiger partial charge is 0.454 e. The number of benzene rings is 2. The first-order valence-corrected chi connectivity index (χ1v) is 8.57. The molecule has 0 unspecified atom stereocenters. The summed E-state index contributed by atoms with van der Waals surface area (Å²) in [6.45, 7) is 3.96. The highest BCUT2D eigenvalue weighted by molar-refractivity contribution is 5.82. The van der Waals surface area contributed by atoms with E-state index in [0.29, 0.717) is 5.75 Å². The standard InChI is InChI=1S/C20H24FN3O3/c1-20(2,18(25)22-3)13-24-19(26)23-12-14-7-6-8-15(11-14)27-17-10-5-4-9-16(17)21/h4-11H,12-13H2,1-3H3,(H,22,25)(H2,23,24,26). The quantitative estimate of drug-likeness (QED) is 0.697. The van der Waals surface area contributed by atoms with Crippen molar-refractivity contribution in [1.29, 1.82) is 0 Å². The summed E-state index contributed by atoms with van der Waals surface area (Å²) < 4.78 is 19.2. The van der Waals surface area contributed by atoms with E-state index in [4.69, 9.17) is 4.74 Å². The number of carbonyl (C=O) groups is 2. The van der Waals surface area contributed by atoms with Crippen molar-refractivity contribution >= 4 is 11.9 Å². The predicted molar refractivity (Wildman–Crippen MR) is 101 cm³/mol. The van der Waals surface area contributed by atoms with E-state index >= 15 is 0 Å². The lowest BCUT2D eigenvalue weighted by atomic mass is 9.92. The fourth-order valence-corrected chi connectivity index (χ4v) is 2.34. The SMILES string of the molecule is CNC(=O)C(C)(C)CNC(=O)NCc1cccc(Oc2ccccc2F)c1. The monoisotopic (exact) mass is 373 g/mol. The Morgan fingerprint density at radius 2 is 1.81 bits per heavy atom. The minimum absolute atomic E-state index is 0.136. The summed E-state index contributed by atoms with van der Waals surface area (Å²) in [5, 5.41) is 7.96. The molecule has 6 nitrogen and oxygen atoms in total. The number of hydrogen-bond donors (Lipinski definition) is 3. The number of amides is 3. The first-order chi connectivity index (χ1) is 12.8. The number of ether oxygens (including phenoxy) is 1. The fraction of sp³-hybridized carbons (Fsp3) is 0.300. The van der Waals surface area contributed by atoms with Crippen LogP contribution in [-0.2, 0) is 11.3 Å². The third kappa shape index (κ3) is 5.99. The van der Waals surface area contributed by atoms with E-state index in [1.165, 1.54) is 6.07 Å². The summed E-state index contributed by atoms with van der Waals surface area (Å²) in [6, 6.07) is 12.8. The van der Waals surface area contributed by atoms with Gasteiger partial charge in [-0.05, 0) is 43.7 Å². The van der Waals surface area contributed by atoms with E-state index in [1.54, 1.807) is 57.3 Å². The summed E-state index contributed by atoms with van der Waals surface area (Å²) >= 11 is 0.